The van der Waals surface area contributed by atoms with Crippen LogP contribution in [0, 0.1) is 17.6 Å². The Morgan fingerprint density at radius 1 is 1.07 bits per heavy atom. The number of nitrogens with one attached hydrogen (secondary N) is 1. The van der Waals surface area contributed by atoms with E-state index in [-0.39, 0.29) is 13.2 Å². The van der Waals surface area contributed by atoms with Gasteiger partial charge in [-0.3, -0.25) is 19.2 Å². The topological polar surface area (TPSA) is 125 Å². The van der Waals surface area contributed by atoms with Crippen LogP contribution in [0.5, 0.6) is 0 Å². The molecule has 0 saturated heterocycles. The number of primary amides is 1. The zero-order valence-corrected chi connectivity index (χ0v) is 15.5. The molecule has 0 aliphatic heterocycles. The van der Waals surface area contributed by atoms with Gasteiger partial charge in [-0.25, -0.2) is 8.78 Å². The molecule has 10 heteroatoms. The number of nitrogens with two attached hydrogens (primary N) is 1. The molecule has 8 nitrogen and oxygen atoms in total. The van der Waals surface area contributed by atoms with Crippen LogP contribution in [0.4, 0.5) is 8.78 Å². The van der Waals surface area contributed by atoms with Gasteiger partial charge in [-0.2, -0.15) is 0 Å². The third-order valence-electron chi connectivity index (χ3n) is 3.71. The van der Waals surface area contributed by atoms with Gasteiger partial charge in [0.2, 0.25) is 11.8 Å². The van der Waals surface area contributed by atoms with Gasteiger partial charge in [0.15, 0.2) is 0 Å². The number of hydrogen-bond donors (Lipinski definition) is 2. The van der Waals surface area contributed by atoms with E-state index >= 15 is 0 Å². The summed E-state index contributed by atoms with van der Waals surface area (Å²) < 4.78 is 37.0. The summed E-state index contributed by atoms with van der Waals surface area (Å²) in [5.41, 5.74) is 4.75. The van der Waals surface area contributed by atoms with E-state index in [0.717, 1.165) is 18.2 Å². The Morgan fingerprint density at radius 2 is 1.64 bits per heavy atom. The zero-order valence-electron chi connectivity index (χ0n) is 15.5. The molecule has 28 heavy (non-hydrogen) atoms. The predicted octanol–water partition coefficient (Wildman–Crippen LogP) is 0.610. The van der Waals surface area contributed by atoms with Gasteiger partial charge in [-0.15, -0.1) is 0 Å². The Bertz CT molecular complexity index is 721. The summed E-state index contributed by atoms with van der Waals surface area (Å²) in [6.07, 6.45) is -1.31. The fourth-order valence-electron chi connectivity index (χ4n) is 2.44. The molecule has 0 unspecified atom stereocenters. The number of carbonyl (C=O) groups excluding carboxylic acids is 4. The van der Waals surface area contributed by atoms with Gasteiger partial charge < -0.3 is 20.5 Å². The molecular weight excluding hydrogens is 378 g/mol. The van der Waals surface area contributed by atoms with Gasteiger partial charge in [-0.05, 0) is 26.0 Å². The Hall–Kier alpha value is -3.04. The van der Waals surface area contributed by atoms with Crippen LogP contribution >= 0.6 is 0 Å². The molecule has 0 heterocycles. The summed E-state index contributed by atoms with van der Waals surface area (Å²) in [5, 5.41) is 2.15. The Morgan fingerprint density at radius 3 is 2.14 bits per heavy atom. The molecule has 2 amide bonds. The van der Waals surface area contributed by atoms with Crippen LogP contribution in [0.3, 0.4) is 0 Å². The third kappa shape index (κ3) is 6.60. The van der Waals surface area contributed by atoms with E-state index in [2.05, 4.69) is 5.32 Å². The molecule has 0 spiro atoms. The standard InChI is InChI=1S/C18H22F2N2O6/c1-3-27-15(24)9-11(18(26)28-4-2)16(17(21)25)22-14(23)8-10-12(19)6-5-7-13(10)20/h5-7,11,16H,3-4,8-9H2,1-2H3,(H2,21,25)(H,22,23)/t11-,16+/m1/s1. The summed E-state index contributed by atoms with van der Waals surface area (Å²) in [6, 6.07) is 1.44. The van der Waals surface area contributed by atoms with Gasteiger partial charge in [-0.1, -0.05) is 6.07 Å². The summed E-state index contributed by atoms with van der Waals surface area (Å²) in [6.45, 7) is 3.05. The first-order valence-corrected chi connectivity index (χ1v) is 8.55. The quantitative estimate of drug-likeness (QED) is 0.555. The molecule has 1 rings (SSSR count). The van der Waals surface area contributed by atoms with Crippen molar-refractivity contribution in [1.29, 1.82) is 0 Å². The van der Waals surface area contributed by atoms with Crippen molar-refractivity contribution in [3.63, 3.8) is 0 Å². The highest BCUT2D eigenvalue weighted by Crippen LogP contribution is 2.16. The summed E-state index contributed by atoms with van der Waals surface area (Å²) >= 11 is 0. The largest absolute Gasteiger partial charge is 0.466 e. The number of rotatable bonds is 10. The zero-order chi connectivity index (χ0) is 21.3. The molecule has 3 N–H and O–H groups in total. The van der Waals surface area contributed by atoms with E-state index in [1.54, 1.807) is 6.92 Å². The Labute approximate surface area is 160 Å². The van der Waals surface area contributed by atoms with Gasteiger partial charge in [0.1, 0.15) is 17.7 Å². The Balaban J connectivity index is 3.02. The van der Waals surface area contributed by atoms with Crippen LogP contribution in [0.25, 0.3) is 0 Å². The second kappa shape index (κ2) is 11.0. The van der Waals surface area contributed by atoms with Crippen LogP contribution in [0.15, 0.2) is 18.2 Å². The van der Waals surface area contributed by atoms with Crippen molar-refractivity contribution in [2.45, 2.75) is 32.7 Å². The van der Waals surface area contributed by atoms with Crippen molar-refractivity contribution in [3.05, 3.63) is 35.4 Å². The smallest absolute Gasteiger partial charge is 0.312 e. The molecular formula is C18H22F2N2O6. The minimum absolute atomic E-state index is 0.0362. The lowest BCUT2D eigenvalue weighted by molar-refractivity contribution is -0.157. The van der Waals surface area contributed by atoms with E-state index in [1.807, 2.05) is 0 Å². The normalized spacial score (nSPS) is 12.6. The van der Waals surface area contributed by atoms with Crippen LogP contribution < -0.4 is 11.1 Å². The first-order chi connectivity index (χ1) is 13.2. The SMILES string of the molecule is CCOC(=O)C[C@@H](C(=O)OCC)[C@H](NC(=O)Cc1c(F)cccc1F)C(N)=O. The molecule has 0 aliphatic carbocycles. The minimum Gasteiger partial charge on any atom is -0.466 e. The number of amides is 2. The van der Waals surface area contributed by atoms with Crippen molar-refractivity contribution in [3.8, 4) is 0 Å². The summed E-state index contributed by atoms with van der Waals surface area (Å²) in [7, 11) is 0. The monoisotopic (exact) mass is 400 g/mol. The maximum atomic E-state index is 13.7. The predicted molar refractivity (Wildman–Crippen MR) is 92.6 cm³/mol. The minimum atomic E-state index is -1.63. The number of esters is 2. The van der Waals surface area contributed by atoms with Crippen molar-refractivity contribution in [2.75, 3.05) is 13.2 Å². The molecule has 1 aromatic rings. The number of carbonyl (C=O) groups is 4. The fraction of sp³-hybridized carbons (Fsp3) is 0.444. The van der Waals surface area contributed by atoms with E-state index in [1.165, 1.54) is 6.92 Å². The van der Waals surface area contributed by atoms with E-state index < -0.39 is 65.8 Å². The van der Waals surface area contributed by atoms with E-state index in [0.29, 0.717) is 0 Å². The lowest BCUT2D eigenvalue weighted by atomic mass is 9.95. The average molecular weight is 400 g/mol. The molecule has 0 saturated carbocycles. The highest BCUT2D eigenvalue weighted by molar-refractivity contribution is 5.93. The second-order valence-electron chi connectivity index (χ2n) is 5.69. The number of benzene rings is 1. The Kier molecular flexibility index (Phi) is 9.00. The molecule has 0 radical (unpaired) electrons. The molecule has 2 atom stereocenters. The van der Waals surface area contributed by atoms with Crippen LogP contribution in [0.2, 0.25) is 0 Å². The van der Waals surface area contributed by atoms with Crippen LogP contribution in [-0.2, 0) is 35.1 Å². The molecule has 154 valence electrons. The van der Waals surface area contributed by atoms with Crippen molar-refractivity contribution < 1.29 is 37.4 Å². The number of ether oxygens (including phenoxy) is 2. The molecule has 0 aliphatic rings. The average Bonchev–Trinajstić information content (AvgIpc) is 2.61. The van der Waals surface area contributed by atoms with Crippen molar-refractivity contribution in [1.82, 2.24) is 5.32 Å². The molecule has 0 bridgehead atoms. The molecule has 1 aromatic carbocycles. The molecule has 0 fully saturated rings. The second-order valence-corrected chi connectivity index (χ2v) is 5.69. The highest BCUT2D eigenvalue weighted by atomic mass is 19.1. The number of halogens is 2. The van der Waals surface area contributed by atoms with Gasteiger partial charge in [0, 0.05) is 5.56 Å². The van der Waals surface area contributed by atoms with Gasteiger partial charge in [0.05, 0.1) is 32.0 Å². The van der Waals surface area contributed by atoms with Gasteiger partial charge in [0.25, 0.3) is 0 Å². The van der Waals surface area contributed by atoms with Gasteiger partial charge >= 0.3 is 11.9 Å². The van der Waals surface area contributed by atoms with Crippen LogP contribution in [0.1, 0.15) is 25.8 Å². The lowest BCUT2D eigenvalue weighted by Crippen LogP contribution is -2.52. The molecule has 0 aromatic heterocycles. The van der Waals surface area contributed by atoms with Crippen LogP contribution in [-0.4, -0.2) is 43.0 Å². The first-order valence-electron chi connectivity index (χ1n) is 8.55. The lowest BCUT2D eigenvalue weighted by Gasteiger charge is -2.23. The van der Waals surface area contributed by atoms with E-state index in [9.17, 15) is 28.0 Å². The maximum absolute atomic E-state index is 13.7. The summed E-state index contributed by atoms with van der Waals surface area (Å²) in [4.78, 5) is 47.9. The fourth-order valence-corrected chi connectivity index (χ4v) is 2.44. The number of hydrogen-bond acceptors (Lipinski definition) is 6. The maximum Gasteiger partial charge on any atom is 0.312 e. The third-order valence-corrected chi connectivity index (χ3v) is 3.71. The first kappa shape index (κ1) is 23.0. The van der Waals surface area contributed by atoms with Crippen molar-refractivity contribution in [2.24, 2.45) is 11.7 Å². The highest BCUT2D eigenvalue weighted by Gasteiger charge is 2.37. The van der Waals surface area contributed by atoms with E-state index in [4.69, 9.17) is 15.2 Å². The summed E-state index contributed by atoms with van der Waals surface area (Å²) in [5.74, 6) is -7.18. The van der Waals surface area contributed by atoms with Crippen molar-refractivity contribution >= 4 is 23.8 Å².